The lowest BCUT2D eigenvalue weighted by molar-refractivity contribution is 0.794. The molecule has 1 atom stereocenters. The maximum absolute atomic E-state index is 3.66. The highest BCUT2D eigenvalue weighted by Crippen LogP contribution is 2.29. The Bertz CT molecular complexity index is 536. The smallest absolute Gasteiger partial charge is 0.0479 e. The van der Waals surface area contributed by atoms with Crippen molar-refractivity contribution < 1.29 is 0 Å². The van der Waals surface area contributed by atoms with Gasteiger partial charge in [-0.15, -0.1) is 0 Å². The Morgan fingerprint density at radius 1 is 1.29 bits per heavy atom. The molecule has 0 saturated carbocycles. The summed E-state index contributed by atoms with van der Waals surface area (Å²) in [6, 6.07) is 7.01. The molecule has 1 aliphatic rings. The van der Waals surface area contributed by atoms with E-state index < -0.39 is 0 Å². The van der Waals surface area contributed by atoms with Crippen molar-refractivity contribution in [3.05, 3.63) is 29.5 Å². The van der Waals surface area contributed by atoms with Gasteiger partial charge in [-0.05, 0) is 44.5 Å². The molecule has 1 aromatic heterocycles. The van der Waals surface area contributed by atoms with E-state index in [1.165, 1.54) is 34.3 Å². The van der Waals surface area contributed by atoms with Gasteiger partial charge in [0.15, 0.2) is 0 Å². The first kappa shape index (κ1) is 10.7. The number of anilines is 1. The van der Waals surface area contributed by atoms with Crippen molar-refractivity contribution in [1.82, 2.24) is 10.3 Å². The highest BCUT2D eigenvalue weighted by molar-refractivity contribution is 5.95. The van der Waals surface area contributed by atoms with Crippen LogP contribution in [0.1, 0.15) is 17.7 Å². The minimum absolute atomic E-state index is 0.565. The summed E-state index contributed by atoms with van der Waals surface area (Å²) in [6.45, 7) is 6.51. The zero-order chi connectivity index (χ0) is 11.8. The summed E-state index contributed by atoms with van der Waals surface area (Å²) in [7, 11) is 0. The number of aryl methyl sites for hydroxylation is 2. The second kappa shape index (κ2) is 4.08. The van der Waals surface area contributed by atoms with Gasteiger partial charge >= 0.3 is 0 Å². The lowest BCUT2D eigenvalue weighted by atomic mass is 10.1. The third-order valence-electron chi connectivity index (χ3n) is 3.74. The zero-order valence-corrected chi connectivity index (χ0v) is 10.4. The topological polar surface area (TPSA) is 39.9 Å². The number of aromatic nitrogens is 1. The standard InChI is InChI=1S/C14H19N3/c1-9-10(2)16-12-4-3-5-13(14(9)12)17-11-6-7-15-8-11/h3-5,11,15-17H,6-8H2,1-2H3. The largest absolute Gasteiger partial charge is 0.380 e. The van der Waals surface area contributed by atoms with E-state index in [1.807, 2.05) is 0 Å². The van der Waals surface area contributed by atoms with Gasteiger partial charge in [-0.25, -0.2) is 0 Å². The summed E-state index contributed by atoms with van der Waals surface area (Å²) in [4.78, 5) is 3.44. The van der Waals surface area contributed by atoms with Crippen LogP contribution >= 0.6 is 0 Å². The monoisotopic (exact) mass is 229 g/mol. The van der Waals surface area contributed by atoms with Crippen LogP contribution in [0.5, 0.6) is 0 Å². The van der Waals surface area contributed by atoms with Gasteiger partial charge < -0.3 is 15.6 Å². The van der Waals surface area contributed by atoms with E-state index in [0.29, 0.717) is 6.04 Å². The fourth-order valence-corrected chi connectivity index (χ4v) is 2.66. The molecule has 0 aliphatic carbocycles. The van der Waals surface area contributed by atoms with E-state index in [9.17, 15) is 0 Å². The number of aromatic amines is 1. The van der Waals surface area contributed by atoms with Gasteiger partial charge in [0.25, 0.3) is 0 Å². The van der Waals surface area contributed by atoms with Crippen LogP contribution in [0.15, 0.2) is 18.2 Å². The second-order valence-corrected chi connectivity index (χ2v) is 4.94. The number of nitrogens with one attached hydrogen (secondary N) is 3. The third kappa shape index (κ3) is 1.80. The normalized spacial score (nSPS) is 20.0. The summed E-state index contributed by atoms with van der Waals surface area (Å²) in [5.41, 5.74) is 5.11. The average molecular weight is 229 g/mol. The Morgan fingerprint density at radius 2 is 2.18 bits per heavy atom. The van der Waals surface area contributed by atoms with Gasteiger partial charge in [0.2, 0.25) is 0 Å². The Balaban J connectivity index is 2.02. The molecule has 3 rings (SSSR count). The summed E-state index contributed by atoms with van der Waals surface area (Å²) in [6.07, 6.45) is 1.21. The zero-order valence-electron chi connectivity index (χ0n) is 10.4. The maximum Gasteiger partial charge on any atom is 0.0479 e. The SMILES string of the molecule is Cc1[nH]c2cccc(NC3CCNC3)c2c1C. The molecule has 2 heterocycles. The second-order valence-electron chi connectivity index (χ2n) is 4.94. The van der Waals surface area contributed by atoms with Crippen molar-refractivity contribution in [2.24, 2.45) is 0 Å². The third-order valence-corrected chi connectivity index (χ3v) is 3.74. The summed E-state index contributed by atoms with van der Waals surface area (Å²) in [5.74, 6) is 0. The van der Waals surface area contributed by atoms with Crippen LogP contribution in [-0.4, -0.2) is 24.1 Å². The molecule has 0 amide bonds. The molecule has 0 spiro atoms. The molecule has 90 valence electrons. The highest BCUT2D eigenvalue weighted by atomic mass is 15.0. The van der Waals surface area contributed by atoms with Crippen LogP contribution in [-0.2, 0) is 0 Å². The fourth-order valence-electron chi connectivity index (χ4n) is 2.66. The molecular weight excluding hydrogens is 210 g/mol. The van der Waals surface area contributed by atoms with Gasteiger partial charge in [-0.3, -0.25) is 0 Å². The number of rotatable bonds is 2. The number of fused-ring (bicyclic) bond motifs is 1. The predicted molar refractivity (Wildman–Crippen MR) is 72.7 cm³/mol. The van der Waals surface area contributed by atoms with Gasteiger partial charge in [-0.2, -0.15) is 0 Å². The predicted octanol–water partition coefficient (Wildman–Crippen LogP) is 2.56. The van der Waals surface area contributed by atoms with E-state index in [-0.39, 0.29) is 0 Å². The molecule has 1 fully saturated rings. The van der Waals surface area contributed by atoms with Crippen LogP contribution < -0.4 is 10.6 Å². The summed E-state index contributed by atoms with van der Waals surface area (Å²) in [5, 5.41) is 8.39. The molecule has 3 N–H and O–H groups in total. The molecular formula is C14H19N3. The summed E-state index contributed by atoms with van der Waals surface area (Å²) < 4.78 is 0. The highest BCUT2D eigenvalue weighted by Gasteiger charge is 2.16. The molecule has 1 unspecified atom stereocenters. The van der Waals surface area contributed by atoms with Crippen LogP contribution in [0.3, 0.4) is 0 Å². The first-order valence-electron chi connectivity index (χ1n) is 6.31. The van der Waals surface area contributed by atoms with Crippen LogP contribution in [0.4, 0.5) is 5.69 Å². The van der Waals surface area contributed by atoms with E-state index >= 15 is 0 Å². The van der Waals surface area contributed by atoms with Gasteiger partial charge in [-0.1, -0.05) is 6.07 Å². The van der Waals surface area contributed by atoms with Crippen LogP contribution in [0.2, 0.25) is 0 Å². The molecule has 1 aromatic carbocycles. The number of benzene rings is 1. The van der Waals surface area contributed by atoms with Gasteiger partial charge in [0.05, 0.1) is 0 Å². The van der Waals surface area contributed by atoms with Crippen molar-refractivity contribution in [3.63, 3.8) is 0 Å². The molecule has 2 aromatic rings. The van der Waals surface area contributed by atoms with E-state index in [0.717, 1.165) is 13.1 Å². The molecule has 0 radical (unpaired) electrons. The van der Waals surface area contributed by atoms with Crippen molar-refractivity contribution in [2.45, 2.75) is 26.3 Å². The Hall–Kier alpha value is -1.48. The minimum Gasteiger partial charge on any atom is -0.380 e. The summed E-state index contributed by atoms with van der Waals surface area (Å²) >= 11 is 0. The molecule has 0 bridgehead atoms. The number of hydrogen-bond acceptors (Lipinski definition) is 2. The van der Waals surface area contributed by atoms with Crippen molar-refractivity contribution >= 4 is 16.6 Å². The Labute approximate surface area is 102 Å². The quantitative estimate of drug-likeness (QED) is 0.740. The molecule has 17 heavy (non-hydrogen) atoms. The lowest BCUT2D eigenvalue weighted by Crippen LogP contribution is -2.22. The lowest BCUT2D eigenvalue weighted by Gasteiger charge is -2.14. The first-order valence-corrected chi connectivity index (χ1v) is 6.31. The fraction of sp³-hybridized carbons (Fsp3) is 0.429. The average Bonchev–Trinajstić information content (AvgIpc) is 2.90. The number of hydrogen-bond donors (Lipinski definition) is 3. The van der Waals surface area contributed by atoms with Crippen molar-refractivity contribution in [2.75, 3.05) is 18.4 Å². The van der Waals surface area contributed by atoms with E-state index in [4.69, 9.17) is 0 Å². The van der Waals surface area contributed by atoms with Gasteiger partial charge in [0, 0.05) is 34.9 Å². The first-order chi connectivity index (χ1) is 8.25. The van der Waals surface area contributed by atoms with Gasteiger partial charge in [0.1, 0.15) is 0 Å². The van der Waals surface area contributed by atoms with Crippen molar-refractivity contribution in [3.8, 4) is 0 Å². The van der Waals surface area contributed by atoms with Crippen molar-refractivity contribution in [1.29, 1.82) is 0 Å². The molecule has 3 heteroatoms. The molecule has 3 nitrogen and oxygen atoms in total. The maximum atomic E-state index is 3.66. The Kier molecular flexibility index (Phi) is 2.56. The number of H-pyrrole nitrogens is 1. The van der Waals surface area contributed by atoms with E-state index in [2.05, 4.69) is 47.7 Å². The van der Waals surface area contributed by atoms with Crippen LogP contribution in [0.25, 0.3) is 10.9 Å². The Morgan fingerprint density at radius 3 is 2.94 bits per heavy atom. The van der Waals surface area contributed by atoms with E-state index in [1.54, 1.807) is 0 Å². The van der Waals surface area contributed by atoms with Crippen LogP contribution in [0, 0.1) is 13.8 Å². The minimum atomic E-state index is 0.565. The molecule has 1 aliphatic heterocycles. The molecule has 1 saturated heterocycles.